The van der Waals surface area contributed by atoms with Gasteiger partial charge >= 0.3 is 0 Å². The molecule has 1 heterocycles. The van der Waals surface area contributed by atoms with E-state index in [1.165, 1.54) is 12.8 Å². The topological polar surface area (TPSA) is 50.4 Å². The number of ether oxygens (including phenoxy) is 1. The lowest BCUT2D eigenvalue weighted by Gasteiger charge is -2.27. The van der Waals surface area contributed by atoms with Gasteiger partial charge in [-0.05, 0) is 71.4 Å². The van der Waals surface area contributed by atoms with Gasteiger partial charge in [-0.1, -0.05) is 13.0 Å². The van der Waals surface area contributed by atoms with E-state index in [9.17, 15) is 4.79 Å². The molecule has 4 nitrogen and oxygen atoms in total. The van der Waals surface area contributed by atoms with E-state index >= 15 is 0 Å². The first-order valence-electron chi connectivity index (χ1n) is 7.90. The molecule has 1 aliphatic heterocycles. The van der Waals surface area contributed by atoms with Crippen LogP contribution in [0.4, 0.5) is 0 Å². The molecule has 5 heteroatoms. The number of nitrogens with one attached hydrogen (secondary N) is 2. The molecule has 1 aromatic rings. The van der Waals surface area contributed by atoms with E-state index in [1.54, 1.807) is 7.11 Å². The summed E-state index contributed by atoms with van der Waals surface area (Å²) in [4.78, 5) is 12.1. The van der Waals surface area contributed by atoms with E-state index in [4.69, 9.17) is 4.74 Å². The molecule has 0 radical (unpaired) electrons. The van der Waals surface area contributed by atoms with Crippen LogP contribution < -0.4 is 15.4 Å². The maximum atomic E-state index is 12.1. The van der Waals surface area contributed by atoms with Gasteiger partial charge in [-0.25, -0.2) is 0 Å². The molecule has 1 fully saturated rings. The van der Waals surface area contributed by atoms with Gasteiger partial charge < -0.3 is 15.4 Å². The number of hydrogen-bond acceptors (Lipinski definition) is 3. The van der Waals surface area contributed by atoms with Crippen molar-refractivity contribution >= 4 is 21.8 Å². The van der Waals surface area contributed by atoms with Crippen molar-refractivity contribution in [2.45, 2.75) is 32.7 Å². The van der Waals surface area contributed by atoms with Crippen molar-refractivity contribution in [3.05, 3.63) is 28.2 Å². The lowest BCUT2D eigenvalue weighted by atomic mass is 9.84. The molecule has 122 valence electrons. The van der Waals surface area contributed by atoms with Crippen molar-refractivity contribution in [3.63, 3.8) is 0 Å². The minimum Gasteiger partial charge on any atom is -0.496 e. The van der Waals surface area contributed by atoms with Crippen molar-refractivity contribution < 1.29 is 9.53 Å². The van der Waals surface area contributed by atoms with E-state index < -0.39 is 0 Å². The van der Waals surface area contributed by atoms with Crippen LogP contribution in [-0.4, -0.2) is 26.1 Å². The minimum absolute atomic E-state index is 0.137. The van der Waals surface area contributed by atoms with Crippen LogP contribution in [0.2, 0.25) is 0 Å². The van der Waals surface area contributed by atoms with Gasteiger partial charge in [-0.3, -0.25) is 4.79 Å². The average Bonchev–Trinajstić information content (AvgIpc) is 2.54. The number of carbonyl (C=O) groups excluding carboxylic acids is 1. The fourth-order valence-corrected chi connectivity index (χ4v) is 3.55. The molecule has 2 rings (SSSR count). The van der Waals surface area contributed by atoms with Gasteiger partial charge in [0.2, 0.25) is 5.91 Å². The van der Waals surface area contributed by atoms with E-state index in [0.29, 0.717) is 24.8 Å². The summed E-state index contributed by atoms with van der Waals surface area (Å²) in [5.74, 6) is 2.06. The Morgan fingerprint density at radius 3 is 2.82 bits per heavy atom. The number of benzene rings is 1. The Labute approximate surface area is 141 Å². The number of hydrogen-bond donors (Lipinski definition) is 2. The standard InChI is InChI=1S/C17H25BrN2O2/c1-12(14-5-7-19-8-6-14)9-17(21)20-11-13-3-4-16(22-2)15(18)10-13/h3-4,10,12,14,19H,5-9,11H2,1-2H3,(H,20,21). The quantitative estimate of drug-likeness (QED) is 0.810. The first kappa shape index (κ1) is 17.3. The third kappa shape index (κ3) is 4.99. The number of amides is 1. The number of halogens is 1. The lowest BCUT2D eigenvalue weighted by Crippen LogP contribution is -2.33. The molecule has 0 bridgehead atoms. The second-order valence-electron chi connectivity index (χ2n) is 6.01. The predicted molar refractivity (Wildman–Crippen MR) is 91.9 cm³/mol. The number of rotatable bonds is 6. The summed E-state index contributed by atoms with van der Waals surface area (Å²) < 4.78 is 6.11. The minimum atomic E-state index is 0.137. The normalized spacial score (nSPS) is 17.0. The Kier molecular flexibility index (Phi) is 6.70. The highest BCUT2D eigenvalue weighted by Gasteiger charge is 2.21. The molecule has 0 saturated carbocycles. The molecular formula is C17H25BrN2O2. The van der Waals surface area contributed by atoms with Crippen molar-refractivity contribution in [2.75, 3.05) is 20.2 Å². The molecule has 0 aliphatic carbocycles. The maximum absolute atomic E-state index is 12.1. The third-order valence-electron chi connectivity index (χ3n) is 4.40. The van der Waals surface area contributed by atoms with Crippen LogP contribution >= 0.6 is 15.9 Å². The molecule has 1 amide bonds. The van der Waals surface area contributed by atoms with Crippen LogP contribution in [0.25, 0.3) is 0 Å². The van der Waals surface area contributed by atoms with Gasteiger partial charge in [0.15, 0.2) is 0 Å². The molecule has 1 saturated heterocycles. The summed E-state index contributed by atoms with van der Waals surface area (Å²) in [6.45, 7) is 4.91. The zero-order valence-electron chi connectivity index (χ0n) is 13.3. The molecular weight excluding hydrogens is 344 g/mol. The molecule has 1 aromatic carbocycles. The van der Waals surface area contributed by atoms with E-state index in [-0.39, 0.29) is 5.91 Å². The van der Waals surface area contributed by atoms with Gasteiger partial charge in [0.1, 0.15) is 5.75 Å². The van der Waals surface area contributed by atoms with Crippen LogP contribution in [0.5, 0.6) is 5.75 Å². The predicted octanol–water partition coefficient (Wildman–Crippen LogP) is 3.10. The molecule has 1 atom stereocenters. The average molecular weight is 369 g/mol. The maximum Gasteiger partial charge on any atom is 0.220 e. The van der Waals surface area contributed by atoms with Crippen LogP contribution in [0.15, 0.2) is 22.7 Å². The van der Waals surface area contributed by atoms with Gasteiger partial charge in [0.05, 0.1) is 11.6 Å². The molecule has 2 N–H and O–H groups in total. The fourth-order valence-electron chi connectivity index (χ4n) is 2.97. The highest BCUT2D eigenvalue weighted by molar-refractivity contribution is 9.10. The lowest BCUT2D eigenvalue weighted by molar-refractivity contribution is -0.122. The smallest absolute Gasteiger partial charge is 0.220 e. The Morgan fingerprint density at radius 1 is 1.45 bits per heavy atom. The summed E-state index contributed by atoms with van der Waals surface area (Å²) in [6.07, 6.45) is 2.97. The van der Waals surface area contributed by atoms with Crippen LogP contribution in [0.3, 0.4) is 0 Å². The van der Waals surface area contributed by atoms with Crippen LogP contribution in [-0.2, 0) is 11.3 Å². The molecule has 1 unspecified atom stereocenters. The highest BCUT2D eigenvalue weighted by atomic mass is 79.9. The van der Waals surface area contributed by atoms with Crippen molar-refractivity contribution in [2.24, 2.45) is 11.8 Å². The van der Waals surface area contributed by atoms with Crippen LogP contribution in [0, 0.1) is 11.8 Å². The van der Waals surface area contributed by atoms with Crippen molar-refractivity contribution in [3.8, 4) is 5.75 Å². The molecule has 22 heavy (non-hydrogen) atoms. The van der Waals surface area contributed by atoms with Gasteiger partial charge in [0, 0.05) is 13.0 Å². The largest absolute Gasteiger partial charge is 0.496 e. The first-order valence-corrected chi connectivity index (χ1v) is 8.69. The Morgan fingerprint density at radius 2 is 2.18 bits per heavy atom. The van der Waals surface area contributed by atoms with Crippen LogP contribution in [0.1, 0.15) is 31.7 Å². The molecule has 0 spiro atoms. The third-order valence-corrected chi connectivity index (χ3v) is 5.02. The summed E-state index contributed by atoms with van der Waals surface area (Å²) in [7, 11) is 1.64. The zero-order chi connectivity index (χ0) is 15.9. The monoisotopic (exact) mass is 368 g/mol. The van der Waals surface area contributed by atoms with E-state index in [2.05, 4.69) is 33.5 Å². The van der Waals surface area contributed by atoms with Crippen molar-refractivity contribution in [1.29, 1.82) is 0 Å². The van der Waals surface area contributed by atoms with E-state index in [1.807, 2.05) is 18.2 Å². The molecule has 0 aromatic heterocycles. The van der Waals surface area contributed by atoms with E-state index in [0.717, 1.165) is 28.9 Å². The summed E-state index contributed by atoms with van der Waals surface area (Å²) in [6, 6.07) is 5.86. The molecule has 1 aliphatic rings. The summed E-state index contributed by atoms with van der Waals surface area (Å²) >= 11 is 3.46. The Bertz CT molecular complexity index is 501. The van der Waals surface area contributed by atoms with Gasteiger partial charge in [-0.2, -0.15) is 0 Å². The number of carbonyl (C=O) groups is 1. The van der Waals surface area contributed by atoms with Gasteiger partial charge in [0.25, 0.3) is 0 Å². The summed E-state index contributed by atoms with van der Waals surface area (Å²) in [5.41, 5.74) is 1.07. The second-order valence-corrected chi connectivity index (χ2v) is 6.87. The number of methoxy groups -OCH3 is 1. The zero-order valence-corrected chi connectivity index (χ0v) is 14.9. The Hall–Kier alpha value is -1.07. The second kappa shape index (κ2) is 8.53. The number of piperidine rings is 1. The Balaban J connectivity index is 1.78. The summed E-state index contributed by atoms with van der Waals surface area (Å²) in [5, 5.41) is 6.39. The van der Waals surface area contributed by atoms with Crippen molar-refractivity contribution in [1.82, 2.24) is 10.6 Å². The SMILES string of the molecule is COc1ccc(CNC(=O)CC(C)C2CCNCC2)cc1Br. The highest BCUT2D eigenvalue weighted by Crippen LogP contribution is 2.26. The first-order chi connectivity index (χ1) is 10.6. The van der Waals surface area contributed by atoms with Gasteiger partial charge in [-0.15, -0.1) is 0 Å². The fraction of sp³-hybridized carbons (Fsp3) is 0.588.